The van der Waals surface area contributed by atoms with Crippen LogP contribution < -0.4 is 37.5 Å². The standard InChI is InChI=1S/C34H28F6N4O4.C11H9BrFNO.C11H12FNO2.C11H10FNO.C7H8FN.C7H10O3.C2H3N.BHNS.H2O4S/c1-4-27(34(38,39)40)42-19-14-23(36)29(24(37)15-19)31(45)43-25(33(47)48)12-17-7-9-21(30-20(17)6-5-11-41-30)28-16(2)22-13-18(35)8-10-26(22)44(3)32(28)46;1-6-8-5-7(13)3-4-9(8)14(2)11(15)10(6)12;1-8(14)7-11(15)13(2)10-5-3-9(12)4-6-10;1-7-5-11(14)13(2)10-4-3-8(12)6-9(7)10;1-9-7-4-2-6(8)3-5-7;1-5-4-6(8)10-7(2,3)9-5;2*1-2-3;1-5(2,3)4/h5-11,13-15,25,27,42H,4,12H2,1-3H3,(H,43,45)(H,47,48);3-5H,1-2H3;3-6H,7H2,1-2H3;3-6H,1-2H3;2-5,9H,1H3;4H,1-3H3;1H3;3H;(H2,1,2,3,4)/t25-,27+;;;;;;;;/m0......../s1. The topological polar surface area (TPSA) is 353 Å². The van der Waals surface area contributed by atoms with Crippen LogP contribution in [0.4, 0.5) is 61.0 Å². The third kappa shape index (κ3) is 29.8. The molecule has 0 unspecified atom stereocenters. The molecular formula is C83H83BBrF10N10O15S2. The molecule has 2 atom stereocenters. The number of halogens is 11. The number of amides is 2. The monoisotopic (exact) mass is 1800 g/mol. The summed E-state index contributed by atoms with van der Waals surface area (Å²) in [5.74, 6) is -8.61. The van der Waals surface area contributed by atoms with Crippen LogP contribution in [0.5, 0.6) is 0 Å². The van der Waals surface area contributed by atoms with E-state index in [0.717, 1.165) is 38.6 Å². The van der Waals surface area contributed by atoms with Gasteiger partial charge in [0.25, 0.3) is 22.6 Å². The molecular weight excluding hydrogens is 1720 g/mol. The number of Topliss-reactive ketones (excluding diaryl/α,β-unsaturated/α-hetero) is 1. The van der Waals surface area contributed by atoms with Crippen LogP contribution in [-0.4, -0.2) is 117 Å². The van der Waals surface area contributed by atoms with Crippen molar-refractivity contribution in [3.8, 4) is 17.2 Å². The molecule has 122 heavy (non-hydrogen) atoms. The minimum absolute atomic E-state index is 0.0680. The summed E-state index contributed by atoms with van der Waals surface area (Å²) in [7, 11) is 7.93. The first-order valence-electron chi connectivity index (χ1n) is 35.7. The number of carbonyl (C=O) groups excluding carboxylic acids is 4. The molecule has 7 aromatic carbocycles. The van der Waals surface area contributed by atoms with Crippen molar-refractivity contribution in [2.45, 2.75) is 106 Å². The summed E-state index contributed by atoms with van der Waals surface area (Å²) in [5.41, 5.74) is 4.62. The summed E-state index contributed by atoms with van der Waals surface area (Å²) in [6, 6.07) is 31.4. The number of aromatic nitrogens is 4. The SMILES string of the molecule is CC#N.CC(=O)CC(=O)N(C)c1ccc(F)cc1.CC1=CC(=O)OC(C)(C)O1.CC[C@@H](Nc1cc(F)c(C(=O)N[C@@H](Cc2ccc(-c3c(C)c4cc(F)ccc4n(C)c3=O)c3ncccc23)C(=O)O)c(F)c1)C(F)(F)F.CNc1ccc(F)cc1.Cc1c(Br)c(=O)n(C)c2ccc(F)cc12.Cc1cc(=O)n(C)c2ccc(F)cc12.O=S(=O)(O)O.[B]=NS. The number of carboxylic acid groups (broad SMARTS) is 1. The van der Waals surface area contributed by atoms with Crippen molar-refractivity contribution in [2.75, 3.05) is 29.6 Å². The molecule has 4 aromatic heterocycles. The van der Waals surface area contributed by atoms with Crippen LogP contribution >= 0.6 is 28.7 Å². The molecule has 1 radical (unpaired) electrons. The molecule has 5 heterocycles. The zero-order valence-corrected chi connectivity index (χ0v) is 71.0. The Kier molecular flexibility index (Phi) is 38.3. The molecule has 12 rings (SSSR count). The molecule has 2 amide bonds. The Labute approximate surface area is 708 Å². The van der Waals surface area contributed by atoms with E-state index in [1.807, 2.05) is 12.2 Å². The van der Waals surface area contributed by atoms with Gasteiger partial charge in [0.2, 0.25) is 11.7 Å². The van der Waals surface area contributed by atoms with Crippen LogP contribution in [0.2, 0.25) is 0 Å². The molecule has 647 valence electrons. The number of cyclic esters (lactones) is 1. The zero-order valence-electron chi connectivity index (χ0n) is 67.7. The molecule has 11 aromatic rings. The van der Waals surface area contributed by atoms with Crippen molar-refractivity contribution in [1.29, 1.82) is 5.26 Å². The minimum atomic E-state index is -4.70. The van der Waals surface area contributed by atoms with Gasteiger partial charge in [-0.25, -0.2) is 40.3 Å². The number of alkyl halides is 3. The van der Waals surface area contributed by atoms with E-state index in [1.165, 1.54) is 143 Å². The number of thiol groups is 1. The van der Waals surface area contributed by atoms with Gasteiger partial charge in [-0.3, -0.25) is 42.9 Å². The number of nitriles is 1. The van der Waals surface area contributed by atoms with Crippen LogP contribution in [-0.2, 0) is 66.6 Å². The normalized spacial score (nSPS) is 12.1. The van der Waals surface area contributed by atoms with Crippen LogP contribution in [0.1, 0.15) is 87.0 Å². The van der Waals surface area contributed by atoms with E-state index >= 15 is 0 Å². The Bertz CT molecular complexity index is 6030. The van der Waals surface area contributed by atoms with Gasteiger partial charge in [0.1, 0.15) is 69.9 Å². The maximum absolute atomic E-state index is 14.9. The van der Waals surface area contributed by atoms with Gasteiger partial charge in [-0.1, -0.05) is 25.1 Å². The second-order valence-corrected chi connectivity index (χ2v) is 28.5. The van der Waals surface area contributed by atoms with Gasteiger partial charge in [0, 0.05) is 119 Å². The number of pyridine rings is 4. The van der Waals surface area contributed by atoms with Gasteiger partial charge in [-0.05, 0) is 201 Å². The molecule has 6 N–H and O–H groups in total. The number of fused-ring (bicyclic) bond motifs is 4. The summed E-state index contributed by atoms with van der Waals surface area (Å²) in [5, 5.41) is 26.7. The van der Waals surface area contributed by atoms with E-state index in [-0.39, 0.29) is 76.0 Å². The molecule has 0 saturated heterocycles. The number of hydrogen-bond donors (Lipinski definition) is 7. The van der Waals surface area contributed by atoms with Crippen molar-refractivity contribution in [1.82, 2.24) is 24.0 Å². The van der Waals surface area contributed by atoms with E-state index in [2.05, 4.69) is 56.3 Å². The van der Waals surface area contributed by atoms with E-state index in [0.29, 0.717) is 66.5 Å². The Morgan fingerprint density at radius 1 is 0.705 bits per heavy atom. The fraction of sp³-hybridized carbons (Fsp3) is 0.253. The van der Waals surface area contributed by atoms with E-state index in [4.69, 9.17) is 32.3 Å². The number of ketones is 1. The molecule has 39 heteroatoms. The first kappa shape index (κ1) is 102. The zero-order chi connectivity index (χ0) is 92.3. The van der Waals surface area contributed by atoms with Gasteiger partial charge < -0.3 is 49.1 Å². The van der Waals surface area contributed by atoms with Crippen LogP contribution in [0, 0.1) is 72.8 Å². The van der Waals surface area contributed by atoms with Crippen LogP contribution in [0.25, 0.3) is 54.7 Å². The number of allylic oxidation sites excluding steroid dienone is 1. The Balaban J connectivity index is 0.000000342. The van der Waals surface area contributed by atoms with Crippen LogP contribution in [0.15, 0.2) is 187 Å². The molecule has 25 nitrogen and oxygen atoms in total. The van der Waals surface area contributed by atoms with Crippen molar-refractivity contribution >= 4 is 137 Å². The number of aryl methyl sites for hydroxylation is 6. The predicted molar refractivity (Wildman–Crippen MR) is 451 cm³/mol. The molecule has 0 spiro atoms. The average molecular weight is 1810 g/mol. The number of nitrogens with zero attached hydrogens (tertiary/aromatic N) is 7. The number of carboxylic acids is 1. The predicted octanol–water partition coefficient (Wildman–Crippen LogP) is 16.3. The van der Waals surface area contributed by atoms with E-state index in [1.54, 1.807) is 118 Å². The Morgan fingerprint density at radius 3 is 1.63 bits per heavy atom. The summed E-state index contributed by atoms with van der Waals surface area (Å²) in [6.45, 7) is 14.4. The Hall–Kier alpha value is -12.4. The van der Waals surface area contributed by atoms with Crippen molar-refractivity contribution in [3.63, 3.8) is 0 Å². The van der Waals surface area contributed by atoms with Gasteiger partial charge in [-0.2, -0.15) is 26.9 Å². The fourth-order valence-electron chi connectivity index (χ4n) is 11.6. The van der Waals surface area contributed by atoms with Crippen molar-refractivity contribution < 1.29 is 100.0 Å². The summed E-state index contributed by atoms with van der Waals surface area (Å²) in [4.78, 5) is 100. The quantitative estimate of drug-likeness (QED) is 0.0141. The third-order valence-corrected chi connectivity index (χ3v) is 18.3. The first-order chi connectivity index (χ1) is 56.9. The maximum atomic E-state index is 14.9. The summed E-state index contributed by atoms with van der Waals surface area (Å²) in [6.07, 6.45) is -2.85. The summed E-state index contributed by atoms with van der Waals surface area (Å²) < 4.78 is 183. The first-order valence-corrected chi connectivity index (χ1v) is 38.3. The van der Waals surface area contributed by atoms with Gasteiger partial charge in [0.15, 0.2) is 0 Å². The third-order valence-electron chi connectivity index (χ3n) is 17.3. The number of benzene rings is 7. The Morgan fingerprint density at radius 2 is 1.17 bits per heavy atom. The molecule has 0 aliphatic carbocycles. The second kappa shape index (κ2) is 45.9. The summed E-state index contributed by atoms with van der Waals surface area (Å²) >= 11 is 6.41. The molecule has 0 saturated carbocycles. The fourth-order valence-corrected chi connectivity index (χ4v) is 12.1. The van der Waals surface area contributed by atoms with Gasteiger partial charge in [0.05, 0.1) is 50.7 Å². The van der Waals surface area contributed by atoms with E-state index in [9.17, 15) is 87.4 Å². The van der Waals surface area contributed by atoms with Crippen molar-refractivity contribution in [2.24, 2.45) is 25.4 Å². The number of anilines is 3. The second-order valence-electron chi connectivity index (χ2n) is 26.6. The number of hydrogen-bond acceptors (Lipinski definition) is 18. The number of rotatable bonds is 13. The number of carbonyl (C=O) groups is 5. The van der Waals surface area contributed by atoms with E-state index < -0.39 is 81.4 Å². The number of nitrogens with one attached hydrogen (secondary N) is 3. The van der Waals surface area contributed by atoms with Crippen LogP contribution in [0.3, 0.4) is 0 Å². The number of esters is 1. The van der Waals surface area contributed by atoms with Gasteiger partial charge >= 0.3 is 53.3 Å². The molecule has 1 aliphatic heterocycles. The average Bonchev–Trinajstić information content (AvgIpc) is 0.744. The number of aliphatic carboxylic acids is 1. The molecule has 1 aliphatic rings. The number of ether oxygens (including phenoxy) is 2. The van der Waals surface area contributed by atoms with Gasteiger partial charge in [-0.15, -0.1) is 0 Å². The van der Waals surface area contributed by atoms with Crippen molar-refractivity contribution in [3.05, 3.63) is 268 Å². The molecule has 0 fully saturated rings. The molecule has 0 bridgehead atoms.